The van der Waals surface area contributed by atoms with Crippen LogP contribution in [0.25, 0.3) is 0 Å². The van der Waals surface area contributed by atoms with Crippen LogP contribution in [0.15, 0.2) is 38.6 Å². The summed E-state index contributed by atoms with van der Waals surface area (Å²) < 4.78 is 1.76. The molecule has 0 aliphatic carbocycles. The average molecular weight is 415 g/mol. The number of rotatable bonds is 1. The first-order chi connectivity index (χ1) is 9.58. The van der Waals surface area contributed by atoms with Crippen LogP contribution in [-0.4, -0.2) is 17.4 Å². The number of carbonyl (C=O) groups excluding carboxylic acids is 1. The van der Waals surface area contributed by atoms with E-state index in [0.717, 1.165) is 21.9 Å². The molecule has 0 fully saturated rings. The first-order valence-electron chi connectivity index (χ1n) is 6.40. The number of hydrogen-bond acceptors (Lipinski definition) is 2. The van der Waals surface area contributed by atoms with Crippen molar-refractivity contribution in [2.45, 2.75) is 19.4 Å². The molecule has 2 nitrogen and oxygen atoms in total. The Morgan fingerprint density at radius 2 is 2.15 bits per heavy atom. The molecule has 1 aliphatic heterocycles. The van der Waals surface area contributed by atoms with Gasteiger partial charge in [0.2, 0.25) is 0 Å². The molecule has 1 aromatic heterocycles. The smallest absolute Gasteiger partial charge is 0.255 e. The molecular formula is C15H13Br2NOS. The van der Waals surface area contributed by atoms with Crippen LogP contribution in [0.4, 0.5) is 0 Å². The van der Waals surface area contributed by atoms with Crippen molar-refractivity contribution in [1.82, 2.24) is 4.90 Å². The largest absolute Gasteiger partial charge is 0.331 e. The molecule has 0 saturated heterocycles. The molecule has 0 bridgehead atoms. The van der Waals surface area contributed by atoms with Crippen molar-refractivity contribution in [2.24, 2.45) is 0 Å². The Bertz CT molecular complexity index is 668. The molecular weight excluding hydrogens is 402 g/mol. The minimum atomic E-state index is 0.0857. The van der Waals surface area contributed by atoms with Gasteiger partial charge in [0.25, 0.3) is 5.91 Å². The van der Waals surface area contributed by atoms with Crippen molar-refractivity contribution >= 4 is 49.1 Å². The third-order valence-corrected chi connectivity index (χ3v) is 5.88. The fourth-order valence-corrected chi connectivity index (χ4v) is 4.34. The number of amides is 1. The standard InChI is InChI=1S/C15H13Br2NOS/c1-9-11-5-7-20-14(11)4-6-18(9)15(19)12-8-10(16)2-3-13(12)17/h2-3,5,7-9H,4,6H2,1H3. The number of benzene rings is 1. The summed E-state index contributed by atoms with van der Waals surface area (Å²) in [7, 11) is 0. The molecule has 5 heteroatoms. The van der Waals surface area contributed by atoms with Crippen LogP contribution in [-0.2, 0) is 6.42 Å². The molecule has 3 rings (SSSR count). The first kappa shape index (κ1) is 14.3. The number of halogens is 2. The maximum absolute atomic E-state index is 12.8. The summed E-state index contributed by atoms with van der Waals surface area (Å²) in [6.07, 6.45) is 0.953. The number of fused-ring (bicyclic) bond motifs is 1. The van der Waals surface area contributed by atoms with Crippen LogP contribution in [0.1, 0.15) is 33.8 Å². The van der Waals surface area contributed by atoms with Crippen molar-refractivity contribution in [2.75, 3.05) is 6.54 Å². The van der Waals surface area contributed by atoms with Crippen LogP contribution in [0.5, 0.6) is 0 Å². The van der Waals surface area contributed by atoms with Gasteiger partial charge in [-0.25, -0.2) is 0 Å². The van der Waals surface area contributed by atoms with Gasteiger partial charge in [0.15, 0.2) is 0 Å². The first-order valence-corrected chi connectivity index (χ1v) is 8.87. The summed E-state index contributed by atoms with van der Waals surface area (Å²) in [4.78, 5) is 16.2. The van der Waals surface area contributed by atoms with Crippen molar-refractivity contribution in [3.8, 4) is 0 Å². The Hall–Kier alpha value is -0.650. The van der Waals surface area contributed by atoms with E-state index in [4.69, 9.17) is 0 Å². The highest BCUT2D eigenvalue weighted by atomic mass is 79.9. The van der Waals surface area contributed by atoms with Gasteiger partial charge in [0.1, 0.15) is 0 Å². The van der Waals surface area contributed by atoms with Crippen LogP contribution < -0.4 is 0 Å². The summed E-state index contributed by atoms with van der Waals surface area (Å²) in [5.41, 5.74) is 2.01. The van der Waals surface area contributed by atoms with Crippen LogP contribution in [0.3, 0.4) is 0 Å². The molecule has 2 heterocycles. The van der Waals surface area contributed by atoms with E-state index in [9.17, 15) is 4.79 Å². The minimum absolute atomic E-state index is 0.0857. The van der Waals surface area contributed by atoms with Gasteiger partial charge in [-0.2, -0.15) is 0 Å². The Labute approximate surface area is 139 Å². The Kier molecular flexibility index (Phi) is 4.02. The van der Waals surface area contributed by atoms with Crippen molar-refractivity contribution in [1.29, 1.82) is 0 Å². The third-order valence-electron chi connectivity index (χ3n) is 3.70. The highest BCUT2D eigenvalue weighted by Crippen LogP contribution is 2.34. The van der Waals surface area contributed by atoms with Crippen LogP contribution in [0, 0.1) is 0 Å². The van der Waals surface area contributed by atoms with Crippen LogP contribution >= 0.6 is 43.2 Å². The van der Waals surface area contributed by atoms with E-state index in [0.29, 0.717) is 5.56 Å². The maximum Gasteiger partial charge on any atom is 0.255 e. The Balaban J connectivity index is 1.94. The molecule has 2 aromatic rings. The predicted octanol–water partition coefficient (Wildman–Crippen LogP) is 5.03. The lowest BCUT2D eigenvalue weighted by atomic mass is 10.0. The van der Waals surface area contributed by atoms with E-state index >= 15 is 0 Å². The van der Waals surface area contributed by atoms with E-state index in [1.54, 1.807) is 11.3 Å². The van der Waals surface area contributed by atoms with Gasteiger partial charge < -0.3 is 4.90 Å². The van der Waals surface area contributed by atoms with Gasteiger partial charge in [0.05, 0.1) is 11.6 Å². The molecule has 1 unspecified atom stereocenters. The van der Waals surface area contributed by atoms with Crippen LogP contribution in [0.2, 0.25) is 0 Å². The molecule has 0 radical (unpaired) electrons. The lowest BCUT2D eigenvalue weighted by Gasteiger charge is -2.34. The lowest BCUT2D eigenvalue weighted by Crippen LogP contribution is -2.38. The fourth-order valence-electron chi connectivity index (χ4n) is 2.60. The summed E-state index contributed by atoms with van der Waals surface area (Å²) in [5.74, 6) is 0.0857. The highest BCUT2D eigenvalue weighted by Gasteiger charge is 2.29. The minimum Gasteiger partial charge on any atom is -0.331 e. The average Bonchev–Trinajstić information content (AvgIpc) is 2.90. The molecule has 0 N–H and O–H groups in total. The second kappa shape index (κ2) is 5.62. The lowest BCUT2D eigenvalue weighted by molar-refractivity contribution is 0.0678. The fraction of sp³-hybridized carbons (Fsp3) is 0.267. The van der Waals surface area contributed by atoms with Crippen molar-refractivity contribution in [3.05, 3.63) is 54.6 Å². The maximum atomic E-state index is 12.8. The molecule has 1 amide bonds. The van der Waals surface area contributed by atoms with Gasteiger partial charge in [0, 0.05) is 20.4 Å². The molecule has 104 valence electrons. The number of nitrogens with zero attached hydrogens (tertiary/aromatic N) is 1. The summed E-state index contributed by atoms with van der Waals surface area (Å²) in [5, 5.41) is 2.12. The van der Waals surface area contributed by atoms with E-state index < -0.39 is 0 Å². The SMILES string of the molecule is CC1c2ccsc2CCN1C(=O)c1cc(Br)ccc1Br. The van der Waals surface area contributed by atoms with E-state index in [1.165, 1.54) is 10.4 Å². The monoisotopic (exact) mass is 413 g/mol. The number of hydrogen-bond donors (Lipinski definition) is 0. The summed E-state index contributed by atoms with van der Waals surface area (Å²) in [6.45, 7) is 2.89. The zero-order chi connectivity index (χ0) is 14.3. The van der Waals surface area contributed by atoms with E-state index in [1.807, 2.05) is 23.1 Å². The molecule has 1 aromatic carbocycles. The third kappa shape index (κ3) is 2.47. The molecule has 1 aliphatic rings. The highest BCUT2D eigenvalue weighted by molar-refractivity contribution is 9.11. The molecule has 0 spiro atoms. The number of thiophene rings is 1. The van der Waals surface area contributed by atoms with E-state index in [2.05, 4.69) is 50.2 Å². The quantitative estimate of drug-likeness (QED) is 0.640. The van der Waals surface area contributed by atoms with E-state index in [-0.39, 0.29) is 11.9 Å². The van der Waals surface area contributed by atoms with Gasteiger partial charge in [-0.15, -0.1) is 11.3 Å². The second-order valence-corrected chi connectivity index (χ2v) is 7.62. The molecule has 20 heavy (non-hydrogen) atoms. The summed E-state index contributed by atoms with van der Waals surface area (Å²) in [6, 6.07) is 7.99. The molecule has 1 atom stereocenters. The van der Waals surface area contributed by atoms with Crippen molar-refractivity contribution < 1.29 is 4.79 Å². The van der Waals surface area contributed by atoms with Gasteiger partial charge in [-0.1, -0.05) is 15.9 Å². The normalized spacial score (nSPS) is 17.9. The zero-order valence-electron chi connectivity index (χ0n) is 10.9. The Morgan fingerprint density at radius 3 is 2.95 bits per heavy atom. The topological polar surface area (TPSA) is 20.3 Å². The number of carbonyl (C=O) groups is 1. The summed E-state index contributed by atoms with van der Waals surface area (Å²) >= 11 is 8.70. The molecule has 0 saturated carbocycles. The Morgan fingerprint density at radius 1 is 1.35 bits per heavy atom. The predicted molar refractivity (Wildman–Crippen MR) is 89.3 cm³/mol. The van der Waals surface area contributed by atoms with Gasteiger partial charge in [-0.3, -0.25) is 4.79 Å². The van der Waals surface area contributed by atoms with Gasteiger partial charge >= 0.3 is 0 Å². The van der Waals surface area contributed by atoms with Gasteiger partial charge in [-0.05, 0) is 64.5 Å². The second-order valence-electron chi connectivity index (χ2n) is 4.85. The van der Waals surface area contributed by atoms with Crippen molar-refractivity contribution in [3.63, 3.8) is 0 Å². The zero-order valence-corrected chi connectivity index (χ0v) is 14.9.